The molecule has 0 aromatic heterocycles. The van der Waals surface area contributed by atoms with E-state index in [4.69, 9.17) is 23.7 Å². The summed E-state index contributed by atoms with van der Waals surface area (Å²) >= 11 is 0. The molecule has 0 amide bonds. The Kier molecular flexibility index (Phi) is 8.99. The van der Waals surface area contributed by atoms with Crippen molar-refractivity contribution < 1.29 is 38.0 Å². The summed E-state index contributed by atoms with van der Waals surface area (Å²) in [4.78, 5) is 12.5. The van der Waals surface area contributed by atoms with Crippen LogP contribution in [-0.2, 0) is 0 Å². The third-order valence-electron chi connectivity index (χ3n) is 5.40. The molecule has 194 valence electrons. The van der Waals surface area contributed by atoms with E-state index in [1.807, 2.05) is 0 Å². The Labute approximate surface area is 214 Å². The minimum absolute atomic E-state index is 0.0345. The quantitative estimate of drug-likeness (QED) is 0.197. The first-order valence-electron chi connectivity index (χ1n) is 11.0. The van der Waals surface area contributed by atoms with Crippen LogP contribution in [0.5, 0.6) is 34.5 Å². The van der Waals surface area contributed by atoms with Gasteiger partial charge in [0.2, 0.25) is 5.75 Å². The standard InChI is InChI=1S/C28H28FNO7/c1-33-24-9-8-19(15-23(24)32)22(31)10-11-30-21-16-25(34-2)20(29)14-18(21)7-6-17-12-26(35-3)28(37-5)27(13-17)36-4/h6-16,30,32H,1-5H3. The van der Waals surface area contributed by atoms with Crippen molar-refractivity contribution in [3.05, 3.63) is 77.2 Å². The number of aromatic hydroxyl groups is 1. The zero-order valence-electron chi connectivity index (χ0n) is 21.1. The van der Waals surface area contributed by atoms with Crippen LogP contribution in [-0.4, -0.2) is 46.4 Å². The molecule has 3 aromatic carbocycles. The number of halogens is 1. The number of anilines is 1. The molecule has 0 radical (unpaired) electrons. The van der Waals surface area contributed by atoms with E-state index in [2.05, 4.69) is 5.32 Å². The second-order valence-corrected chi connectivity index (χ2v) is 7.59. The van der Waals surface area contributed by atoms with Crippen molar-refractivity contribution >= 4 is 23.6 Å². The van der Waals surface area contributed by atoms with Crippen molar-refractivity contribution in [1.82, 2.24) is 0 Å². The Hall–Kier alpha value is -4.66. The van der Waals surface area contributed by atoms with Gasteiger partial charge in [-0.25, -0.2) is 4.39 Å². The molecule has 0 aliphatic carbocycles. The molecule has 2 N–H and O–H groups in total. The molecule has 3 aromatic rings. The van der Waals surface area contributed by atoms with Gasteiger partial charge in [0.1, 0.15) is 0 Å². The molecule has 0 saturated heterocycles. The van der Waals surface area contributed by atoms with Crippen molar-refractivity contribution in [2.45, 2.75) is 0 Å². The van der Waals surface area contributed by atoms with Crippen molar-refractivity contribution in [1.29, 1.82) is 0 Å². The summed E-state index contributed by atoms with van der Waals surface area (Å²) < 4.78 is 40.7. The molecule has 0 aliphatic rings. The molecule has 0 fully saturated rings. The van der Waals surface area contributed by atoms with Gasteiger partial charge in [0, 0.05) is 35.2 Å². The van der Waals surface area contributed by atoms with Crippen LogP contribution in [0.1, 0.15) is 21.5 Å². The molecule has 0 unspecified atom stereocenters. The lowest BCUT2D eigenvalue weighted by Gasteiger charge is -2.13. The van der Waals surface area contributed by atoms with Gasteiger partial charge in [0.25, 0.3) is 0 Å². The number of hydrogen-bond donors (Lipinski definition) is 2. The van der Waals surface area contributed by atoms with Crippen LogP contribution in [0.2, 0.25) is 0 Å². The normalized spacial score (nSPS) is 11.0. The highest BCUT2D eigenvalue weighted by atomic mass is 19.1. The van der Waals surface area contributed by atoms with Gasteiger partial charge in [-0.15, -0.1) is 0 Å². The summed E-state index contributed by atoms with van der Waals surface area (Å²) in [5, 5.41) is 12.9. The average Bonchev–Trinajstić information content (AvgIpc) is 2.91. The summed E-state index contributed by atoms with van der Waals surface area (Å²) in [6.07, 6.45) is 6.17. The van der Waals surface area contributed by atoms with E-state index in [9.17, 15) is 14.3 Å². The first-order chi connectivity index (χ1) is 17.8. The van der Waals surface area contributed by atoms with Gasteiger partial charge in [0.05, 0.1) is 35.5 Å². The number of benzene rings is 3. The fraction of sp³-hybridized carbons (Fsp3) is 0.179. The zero-order chi connectivity index (χ0) is 26.9. The largest absolute Gasteiger partial charge is 0.504 e. The Balaban J connectivity index is 1.89. The van der Waals surface area contributed by atoms with Crippen LogP contribution >= 0.6 is 0 Å². The van der Waals surface area contributed by atoms with E-state index >= 15 is 0 Å². The minimum atomic E-state index is -0.550. The molecule has 0 saturated carbocycles. The highest BCUT2D eigenvalue weighted by molar-refractivity contribution is 6.05. The Morgan fingerprint density at radius 1 is 0.811 bits per heavy atom. The first-order valence-corrected chi connectivity index (χ1v) is 11.0. The maximum atomic E-state index is 14.5. The predicted octanol–water partition coefficient (Wildman–Crippen LogP) is 5.55. The number of nitrogens with one attached hydrogen (secondary N) is 1. The summed E-state index contributed by atoms with van der Waals surface area (Å²) in [6.45, 7) is 0. The number of ketones is 1. The zero-order valence-corrected chi connectivity index (χ0v) is 21.1. The van der Waals surface area contributed by atoms with Gasteiger partial charge in [-0.2, -0.15) is 0 Å². The molecule has 0 atom stereocenters. The summed E-state index contributed by atoms with van der Waals surface area (Å²) in [5.74, 6) is 0.670. The maximum absolute atomic E-state index is 14.5. The second kappa shape index (κ2) is 12.3. The molecule has 8 nitrogen and oxygen atoms in total. The number of carbonyl (C=O) groups is 1. The smallest absolute Gasteiger partial charge is 0.203 e. The number of carbonyl (C=O) groups excluding carboxylic acids is 1. The van der Waals surface area contributed by atoms with E-state index < -0.39 is 5.82 Å². The predicted molar refractivity (Wildman–Crippen MR) is 140 cm³/mol. The lowest BCUT2D eigenvalue weighted by Crippen LogP contribution is -1.99. The molecule has 37 heavy (non-hydrogen) atoms. The lowest BCUT2D eigenvalue weighted by molar-refractivity contribution is 0.104. The fourth-order valence-corrected chi connectivity index (χ4v) is 3.52. The molecule has 9 heteroatoms. The van der Waals surface area contributed by atoms with Gasteiger partial charge in [0.15, 0.2) is 40.3 Å². The number of ether oxygens (including phenoxy) is 5. The number of rotatable bonds is 11. The lowest BCUT2D eigenvalue weighted by atomic mass is 10.1. The maximum Gasteiger partial charge on any atom is 0.203 e. The number of hydrogen-bond acceptors (Lipinski definition) is 8. The Bertz CT molecular complexity index is 1310. The van der Waals surface area contributed by atoms with Crippen LogP contribution in [0.3, 0.4) is 0 Å². The van der Waals surface area contributed by atoms with Crippen molar-refractivity contribution in [3.8, 4) is 34.5 Å². The summed E-state index contributed by atoms with van der Waals surface area (Å²) in [6, 6.07) is 10.7. The van der Waals surface area contributed by atoms with Crippen LogP contribution in [0.4, 0.5) is 10.1 Å². The van der Waals surface area contributed by atoms with Gasteiger partial charge in [-0.3, -0.25) is 4.79 Å². The number of allylic oxidation sites excluding steroid dienone is 1. The molecule has 0 heterocycles. The molecule has 3 rings (SSSR count). The summed E-state index contributed by atoms with van der Waals surface area (Å²) in [5.41, 5.74) is 1.98. The monoisotopic (exact) mass is 509 g/mol. The second-order valence-electron chi connectivity index (χ2n) is 7.59. The third kappa shape index (κ3) is 6.32. The third-order valence-corrected chi connectivity index (χ3v) is 5.40. The fourth-order valence-electron chi connectivity index (χ4n) is 3.52. The minimum Gasteiger partial charge on any atom is -0.504 e. The van der Waals surface area contributed by atoms with Crippen LogP contribution in [0, 0.1) is 5.82 Å². The van der Waals surface area contributed by atoms with E-state index in [-0.39, 0.29) is 28.6 Å². The topological polar surface area (TPSA) is 95.5 Å². The van der Waals surface area contributed by atoms with Crippen molar-refractivity contribution in [3.63, 3.8) is 0 Å². The molecule has 0 bridgehead atoms. The molecular weight excluding hydrogens is 481 g/mol. The Morgan fingerprint density at radius 2 is 1.46 bits per heavy atom. The number of phenols is 1. The van der Waals surface area contributed by atoms with E-state index in [1.54, 1.807) is 24.3 Å². The highest BCUT2D eigenvalue weighted by Crippen LogP contribution is 2.39. The highest BCUT2D eigenvalue weighted by Gasteiger charge is 2.13. The number of phenolic OH excluding ortho intramolecular Hbond substituents is 1. The van der Waals surface area contributed by atoms with Gasteiger partial charge in [-0.05, 0) is 42.0 Å². The first kappa shape index (κ1) is 26.9. The van der Waals surface area contributed by atoms with Crippen LogP contribution in [0.25, 0.3) is 12.2 Å². The molecule has 0 aliphatic heterocycles. The molecular formula is C28H28FNO7. The van der Waals surface area contributed by atoms with Crippen molar-refractivity contribution in [2.75, 3.05) is 40.9 Å². The average molecular weight is 510 g/mol. The van der Waals surface area contributed by atoms with Gasteiger partial charge in [-0.1, -0.05) is 12.2 Å². The van der Waals surface area contributed by atoms with Crippen molar-refractivity contribution in [2.24, 2.45) is 0 Å². The van der Waals surface area contributed by atoms with Crippen LogP contribution < -0.4 is 29.0 Å². The van der Waals surface area contributed by atoms with E-state index in [0.29, 0.717) is 28.5 Å². The summed E-state index contributed by atoms with van der Waals surface area (Å²) in [7, 11) is 7.34. The number of methoxy groups -OCH3 is 5. The molecule has 0 spiro atoms. The SMILES string of the molecule is COc1ccc(C(=O)C=CNc2cc(OC)c(F)cc2C=Cc2cc(OC)c(OC)c(OC)c2)cc1O. The van der Waals surface area contributed by atoms with E-state index in [1.165, 1.54) is 78.2 Å². The Morgan fingerprint density at radius 3 is 2.03 bits per heavy atom. The van der Waals surface area contributed by atoms with E-state index in [0.717, 1.165) is 5.56 Å². The van der Waals surface area contributed by atoms with Gasteiger partial charge >= 0.3 is 0 Å². The van der Waals surface area contributed by atoms with Crippen LogP contribution in [0.15, 0.2) is 54.7 Å². The van der Waals surface area contributed by atoms with Gasteiger partial charge < -0.3 is 34.1 Å².